The van der Waals surface area contributed by atoms with Gasteiger partial charge in [-0.25, -0.2) is 18.6 Å². The molecule has 1 saturated carbocycles. The summed E-state index contributed by atoms with van der Waals surface area (Å²) in [5.41, 5.74) is -0.397. The molecular weight excluding hydrogens is 737 g/mol. The normalized spacial score (nSPS) is 19.9. The van der Waals surface area contributed by atoms with E-state index in [1.165, 1.54) is 12.1 Å². The highest BCUT2D eigenvalue weighted by Crippen LogP contribution is 2.37. The van der Waals surface area contributed by atoms with Crippen LogP contribution in [0.15, 0.2) is 67.1 Å². The van der Waals surface area contributed by atoms with E-state index in [1.54, 1.807) is 28.2 Å². The number of hydrogen-bond donors (Lipinski definition) is 2. The van der Waals surface area contributed by atoms with Crippen molar-refractivity contribution in [1.82, 2.24) is 30.0 Å². The van der Waals surface area contributed by atoms with Crippen molar-refractivity contribution >= 4 is 56.6 Å². The molecule has 8 rings (SSSR count). The van der Waals surface area contributed by atoms with Crippen LogP contribution in [0.25, 0.3) is 21.7 Å². The van der Waals surface area contributed by atoms with Crippen molar-refractivity contribution in [2.75, 3.05) is 54.4 Å². The number of carbonyl (C=O) groups excluding carboxylic acids is 3. The third-order valence-electron chi connectivity index (χ3n) is 11.0. The summed E-state index contributed by atoms with van der Waals surface area (Å²) in [7, 11) is 0. The molecule has 0 bridgehead atoms. The van der Waals surface area contributed by atoms with Crippen LogP contribution in [-0.2, 0) is 11.0 Å². The van der Waals surface area contributed by atoms with Crippen LogP contribution in [-0.4, -0.2) is 81.8 Å². The molecule has 56 heavy (non-hydrogen) atoms. The summed E-state index contributed by atoms with van der Waals surface area (Å²) in [6.45, 7) is 4.85. The number of pyridine rings is 2. The molecule has 0 unspecified atom stereocenters. The van der Waals surface area contributed by atoms with Crippen molar-refractivity contribution < 1.29 is 36.3 Å². The molecule has 0 radical (unpaired) electrons. The van der Waals surface area contributed by atoms with Crippen LogP contribution in [0.2, 0.25) is 0 Å². The van der Waals surface area contributed by atoms with E-state index in [-0.39, 0.29) is 24.1 Å². The van der Waals surface area contributed by atoms with Crippen LogP contribution in [0.1, 0.15) is 66.3 Å². The van der Waals surface area contributed by atoms with Crippen LogP contribution < -0.4 is 20.4 Å². The van der Waals surface area contributed by atoms with E-state index in [0.29, 0.717) is 29.1 Å². The SMILES string of the molecule is O=C1CCN(c2cncc3cc(N4CCN(CC5CCC(n6cc7cc(NC(=O)c8cccc(C(F)(F)F)n8)c(C(F)F)cc7n6)CC5)CC4)ccc23)C(=O)N1. The van der Waals surface area contributed by atoms with Gasteiger partial charge in [0.2, 0.25) is 5.91 Å². The number of hydrogen-bond acceptors (Lipinski definition) is 8. The molecule has 1 aliphatic carbocycles. The second-order valence-electron chi connectivity index (χ2n) is 14.5. The first-order valence-electron chi connectivity index (χ1n) is 18.5. The Hall–Kier alpha value is -5.71. The van der Waals surface area contributed by atoms with Crippen LogP contribution in [0.3, 0.4) is 0 Å². The second-order valence-corrected chi connectivity index (χ2v) is 14.5. The average Bonchev–Trinajstić information content (AvgIpc) is 3.60. The van der Waals surface area contributed by atoms with Gasteiger partial charge in [0.25, 0.3) is 12.3 Å². The van der Waals surface area contributed by atoms with E-state index in [0.717, 1.165) is 93.1 Å². The predicted octanol–water partition coefficient (Wildman–Crippen LogP) is 7.19. The largest absolute Gasteiger partial charge is 0.433 e. The van der Waals surface area contributed by atoms with Crippen LogP contribution in [0, 0.1) is 5.92 Å². The minimum Gasteiger partial charge on any atom is -0.369 e. The molecule has 0 atom stereocenters. The number of piperazine rings is 1. The molecule has 3 aromatic heterocycles. The minimum atomic E-state index is -4.76. The Morgan fingerprint density at radius 2 is 1.71 bits per heavy atom. The highest BCUT2D eigenvalue weighted by atomic mass is 19.4. The lowest BCUT2D eigenvalue weighted by Crippen LogP contribution is -2.49. The van der Waals surface area contributed by atoms with Crippen molar-refractivity contribution in [3.8, 4) is 0 Å². The Morgan fingerprint density at radius 1 is 0.929 bits per heavy atom. The lowest BCUT2D eigenvalue weighted by Gasteiger charge is -2.39. The van der Waals surface area contributed by atoms with Crippen molar-refractivity contribution in [3.63, 3.8) is 0 Å². The molecule has 3 fully saturated rings. The van der Waals surface area contributed by atoms with Gasteiger partial charge in [0, 0.05) is 85.5 Å². The van der Waals surface area contributed by atoms with Gasteiger partial charge in [0.1, 0.15) is 11.4 Å². The number of urea groups is 1. The third kappa shape index (κ3) is 7.72. The molecule has 2 aromatic carbocycles. The zero-order valence-corrected chi connectivity index (χ0v) is 30.1. The highest BCUT2D eigenvalue weighted by Gasteiger charge is 2.33. The minimum absolute atomic E-state index is 0.0764. The van der Waals surface area contributed by atoms with Gasteiger partial charge in [-0.3, -0.25) is 34.4 Å². The Balaban J connectivity index is 0.859. The fraction of sp³-hybridized carbons (Fsp3) is 0.385. The molecule has 2 aliphatic heterocycles. The van der Waals surface area contributed by atoms with E-state index in [9.17, 15) is 36.3 Å². The maximum Gasteiger partial charge on any atom is 0.433 e. The number of nitrogens with one attached hydrogen (secondary N) is 2. The quantitative estimate of drug-likeness (QED) is 0.159. The Bertz CT molecular complexity index is 2300. The number of aromatic nitrogens is 4. The molecule has 292 valence electrons. The summed E-state index contributed by atoms with van der Waals surface area (Å²) in [5, 5.41) is 11.6. The van der Waals surface area contributed by atoms with Gasteiger partial charge in [-0.15, -0.1) is 0 Å². The van der Waals surface area contributed by atoms with Gasteiger partial charge in [-0.05, 0) is 68.0 Å². The Morgan fingerprint density at radius 3 is 2.45 bits per heavy atom. The molecular formula is C39H38F5N9O3. The smallest absolute Gasteiger partial charge is 0.369 e. The zero-order chi connectivity index (χ0) is 39.1. The van der Waals surface area contributed by atoms with E-state index < -0.39 is 41.5 Å². The molecule has 5 aromatic rings. The highest BCUT2D eigenvalue weighted by molar-refractivity contribution is 6.10. The third-order valence-corrected chi connectivity index (χ3v) is 11.0. The number of rotatable bonds is 8. The number of nitrogens with zero attached hydrogens (tertiary/aromatic N) is 7. The number of halogens is 5. The van der Waals surface area contributed by atoms with Gasteiger partial charge >= 0.3 is 12.2 Å². The molecule has 12 nitrogen and oxygen atoms in total. The maximum absolute atomic E-state index is 14.1. The Kier molecular flexibility index (Phi) is 10.0. The molecule has 2 N–H and O–H groups in total. The molecule has 5 heterocycles. The zero-order valence-electron chi connectivity index (χ0n) is 30.1. The monoisotopic (exact) mass is 775 g/mol. The first-order chi connectivity index (χ1) is 26.9. The number of fused-ring (bicyclic) bond motifs is 2. The topological polar surface area (TPSA) is 129 Å². The lowest BCUT2D eigenvalue weighted by atomic mass is 9.85. The Labute approximate surface area is 317 Å². The summed E-state index contributed by atoms with van der Waals surface area (Å²) < 4.78 is 69.4. The number of carbonyl (C=O) groups is 3. The van der Waals surface area contributed by atoms with Crippen molar-refractivity contribution in [2.24, 2.45) is 5.92 Å². The lowest BCUT2D eigenvalue weighted by molar-refractivity contribution is -0.141. The number of anilines is 3. The summed E-state index contributed by atoms with van der Waals surface area (Å²) in [5.74, 6) is -0.806. The van der Waals surface area contributed by atoms with Crippen molar-refractivity contribution in [1.29, 1.82) is 0 Å². The second kappa shape index (κ2) is 15.1. The average molecular weight is 776 g/mol. The summed E-state index contributed by atoms with van der Waals surface area (Å²) in [6.07, 6.45) is 1.43. The first-order valence-corrected chi connectivity index (χ1v) is 18.5. The van der Waals surface area contributed by atoms with Crippen LogP contribution in [0.4, 0.5) is 43.8 Å². The molecule has 17 heteroatoms. The number of imide groups is 1. The van der Waals surface area contributed by atoms with Crippen molar-refractivity contribution in [2.45, 2.75) is 50.7 Å². The van der Waals surface area contributed by atoms with E-state index in [1.807, 2.05) is 6.07 Å². The standard InChI is InChI=1S/C39H38F5N9O3/c40-36(41)29-18-31-25(17-32(29)47-37(55)30-2-1-3-34(46-30)39(42,43)44)22-53(49-31)26-6-4-23(5-7-26)21-50-12-14-51(15-13-50)27-8-9-28-24(16-27)19-45-20-33(28)52-11-10-35(54)48-38(52)56/h1-3,8-9,16-20,22-23,26,36H,4-7,10-15,21H2,(H,47,55)(H,48,54,56). The summed E-state index contributed by atoms with van der Waals surface area (Å²) in [4.78, 5) is 51.0. The van der Waals surface area contributed by atoms with Crippen LogP contribution >= 0.6 is 0 Å². The maximum atomic E-state index is 14.1. The van der Waals surface area contributed by atoms with E-state index in [4.69, 9.17) is 0 Å². The number of alkyl halides is 5. The summed E-state index contributed by atoms with van der Waals surface area (Å²) >= 11 is 0. The fourth-order valence-corrected chi connectivity index (χ4v) is 7.99. The van der Waals surface area contributed by atoms with E-state index >= 15 is 0 Å². The van der Waals surface area contributed by atoms with Gasteiger partial charge < -0.3 is 10.2 Å². The predicted molar refractivity (Wildman–Crippen MR) is 199 cm³/mol. The number of amides is 4. The molecule has 3 aliphatic rings. The number of benzene rings is 2. The molecule has 4 amide bonds. The van der Waals surface area contributed by atoms with Gasteiger partial charge in [0.15, 0.2) is 0 Å². The van der Waals surface area contributed by atoms with E-state index in [2.05, 4.69) is 47.6 Å². The van der Waals surface area contributed by atoms with Gasteiger partial charge in [0.05, 0.1) is 29.1 Å². The van der Waals surface area contributed by atoms with Gasteiger partial charge in [-0.1, -0.05) is 12.1 Å². The van der Waals surface area contributed by atoms with Gasteiger partial charge in [-0.2, -0.15) is 18.3 Å². The molecule has 0 spiro atoms. The van der Waals surface area contributed by atoms with Crippen LogP contribution in [0.5, 0.6) is 0 Å². The molecule has 2 saturated heterocycles. The fourth-order valence-electron chi connectivity index (χ4n) is 7.99. The first kappa shape index (κ1) is 37.2. The summed E-state index contributed by atoms with van der Waals surface area (Å²) in [6, 6.07) is 11.3. The van der Waals surface area contributed by atoms with Crippen molar-refractivity contribution in [3.05, 3.63) is 84.1 Å².